The van der Waals surface area contributed by atoms with Gasteiger partial charge in [0, 0.05) is 36.5 Å². The molecular weight excluding hydrogens is 298 g/mol. The van der Waals surface area contributed by atoms with Crippen LogP contribution in [0.5, 0.6) is 0 Å². The summed E-state index contributed by atoms with van der Waals surface area (Å²) >= 11 is 11.1. The molecule has 0 aliphatic rings. The lowest BCUT2D eigenvalue weighted by molar-refractivity contribution is -0.385. The van der Waals surface area contributed by atoms with Gasteiger partial charge in [0.2, 0.25) is 0 Å². The van der Waals surface area contributed by atoms with Gasteiger partial charge in [-0.15, -0.1) is 23.2 Å². The third-order valence-electron chi connectivity index (χ3n) is 2.34. The molecule has 8 heteroatoms. The number of carbonyl (C=O) groups is 1. The van der Waals surface area contributed by atoms with Gasteiger partial charge in [0.25, 0.3) is 11.6 Å². The highest BCUT2D eigenvalue weighted by Crippen LogP contribution is 2.17. The molecule has 0 saturated carbocycles. The van der Waals surface area contributed by atoms with Crippen molar-refractivity contribution >= 4 is 34.8 Å². The van der Waals surface area contributed by atoms with Gasteiger partial charge in [-0.05, 0) is 6.07 Å². The van der Waals surface area contributed by atoms with E-state index >= 15 is 0 Å². The summed E-state index contributed by atoms with van der Waals surface area (Å²) in [6, 6.07) is 2.73. The number of carbonyl (C=O) groups excluding carboxylic acids is 1. The van der Waals surface area contributed by atoms with Crippen molar-refractivity contribution in [3.05, 3.63) is 39.7 Å². The zero-order valence-electron chi connectivity index (χ0n) is 9.81. The number of nitro groups is 1. The molecule has 1 aromatic carbocycles. The molecule has 1 aromatic rings. The smallest absolute Gasteiger partial charge is 0.273 e. The number of hydrogen-bond donors (Lipinski definition) is 0. The van der Waals surface area contributed by atoms with Gasteiger partial charge in [0.15, 0.2) is 0 Å². The van der Waals surface area contributed by atoms with E-state index in [0.29, 0.717) is 0 Å². The highest BCUT2D eigenvalue weighted by molar-refractivity contribution is 6.18. The maximum absolute atomic E-state index is 13.3. The van der Waals surface area contributed by atoms with Crippen LogP contribution < -0.4 is 0 Å². The summed E-state index contributed by atoms with van der Waals surface area (Å²) in [6.07, 6.45) is 0. The van der Waals surface area contributed by atoms with Crippen LogP contribution >= 0.6 is 23.2 Å². The zero-order chi connectivity index (χ0) is 14.4. The molecule has 1 amide bonds. The number of amides is 1. The Kier molecular flexibility index (Phi) is 5.98. The van der Waals surface area contributed by atoms with E-state index in [9.17, 15) is 19.3 Å². The largest absolute Gasteiger partial charge is 0.336 e. The second-order valence-electron chi connectivity index (χ2n) is 3.63. The van der Waals surface area contributed by atoms with Gasteiger partial charge in [-0.25, -0.2) is 4.39 Å². The van der Waals surface area contributed by atoms with E-state index in [2.05, 4.69) is 0 Å². The lowest BCUT2D eigenvalue weighted by Gasteiger charge is -2.20. The molecule has 0 spiro atoms. The zero-order valence-corrected chi connectivity index (χ0v) is 11.3. The van der Waals surface area contributed by atoms with Gasteiger partial charge < -0.3 is 4.90 Å². The molecule has 0 heterocycles. The van der Waals surface area contributed by atoms with Crippen molar-refractivity contribution < 1.29 is 14.1 Å². The Morgan fingerprint density at radius 1 is 1.26 bits per heavy atom. The standard InChI is InChI=1S/C11H11Cl2FN2O3/c12-1-3-15(4-2-13)11(17)8-5-9(14)7-10(6-8)16(18)19/h5-7H,1-4H2. The number of rotatable bonds is 6. The minimum absolute atomic E-state index is 0.0954. The first-order valence-corrected chi connectivity index (χ1v) is 6.42. The van der Waals surface area contributed by atoms with Crippen LogP contribution in [-0.2, 0) is 0 Å². The normalized spacial score (nSPS) is 10.3. The summed E-state index contributed by atoms with van der Waals surface area (Å²) in [7, 11) is 0. The summed E-state index contributed by atoms with van der Waals surface area (Å²) in [4.78, 5) is 23.3. The Hall–Kier alpha value is -1.40. The van der Waals surface area contributed by atoms with E-state index in [1.807, 2.05) is 0 Å². The molecule has 0 saturated heterocycles. The number of non-ortho nitro benzene ring substituents is 1. The molecule has 0 fully saturated rings. The molecule has 0 aromatic heterocycles. The Labute approximate surface area is 119 Å². The molecule has 0 aliphatic heterocycles. The van der Waals surface area contributed by atoms with Crippen molar-refractivity contribution in [2.24, 2.45) is 0 Å². The molecule has 0 aliphatic carbocycles. The minimum Gasteiger partial charge on any atom is -0.336 e. The summed E-state index contributed by atoms with van der Waals surface area (Å²) in [5.74, 6) is -0.988. The number of benzene rings is 1. The first kappa shape index (κ1) is 15.7. The maximum Gasteiger partial charge on any atom is 0.273 e. The number of nitro benzene ring substituents is 1. The predicted octanol–water partition coefficient (Wildman–Crippen LogP) is 2.65. The van der Waals surface area contributed by atoms with Gasteiger partial charge in [0.05, 0.1) is 11.0 Å². The van der Waals surface area contributed by atoms with Gasteiger partial charge in [-0.2, -0.15) is 0 Å². The SMILES string of the molecule is O=C(c1cc(F)cc([N+](=O)[O-])c1)N(CCCl)CCCl. The van der Waals surface area contributed by atoms with Crippen LogP contribution in [-0.4, -0.2) is 40.6 Å². The number of halogens is 3. The van der Waals surface area contributed by atoms with E-state index in [4.69, 9.17) is 23.2 Å². The second kappa shape index (κ2) is 7.25. The Balaban J connectivity index is 3.06. The van der Waals surface area contributed by atoms with E-state index < -0.39 is 22.3 Å². The fraction of sp³-hybridized carbons (Fsp3) is 0.364. The molecule has 0 atom stereocenters. The van der Waals surface area contributed by atoms with E-state index in [0.717, 1.165) is 18.2 Å². The number of hydrogen-bond acceptors (Lipinski definition) is 3. The highest BCUT2D eigenvalue weighted by Gasteiger charge is 2.19. The fourth-order valence-electron chi connectivity index (χ4n) is 1.50. The number of alkyl halides is 2. The van der Waals surface area contributed by atoms with Crippen LogP contribution in [0, 0.1) is 15.9 Å². The lowest BCUT2D eigenvalue weighted by atomic mass is 10.1. The van der Waals surface area contributed by atoms with Crippen LogP contribution in [0.1, 0.15) is 10.4 Å². The van der Waals surface area contributed by atoms with Crippen molar-refractivity contribution in [1.82, 2.24) is 4.90 Å². The van der Waals surface area contributed by atoms with Crippen LogP contribution in [0.4, 0.5) is 10.1 Å². The van der Waals surface area contributed by atoms with Crippen molar-refractivity contribution in [3.8, 4) is 0 Å². The molecule has 0 unspecified atom stereocenters. The third-order valence-corrected chi connectivity index (χ3v) is 2.67. The molecule has 5 nitrogen and oxygen atoms in total. The van der Waals surface area contributed by atoms with Gasteiger partial charge in [-0.1, -0.05) is 0 Å². The van der Waals surface area contributed by atoms with Gasteiger partial charge in [0.1, 0.15) is 5.82 Å². The van der Waals surface area contributed by atoms with Gasteiger partial charge in [-0.3, -0.25) is 14.9 Å². The summed E-state index contributed by atoms with van der Waals surface area (Å²) < 4.78 is 13.3. The molecule has 104 valence electrons. The minimum atomic E-state index is -0.839. The fourth-order valence-corrected chi connectivity index (χ4v) is 1.91. The van der Waals surface area contributed by atoms with Crippen LogP contribution in [0.25, 0.3) is 0 Å². The van der Waals surface area contributed by atoms with Crippen molar-refractivity contribution in [2.45, 2.75) is 0 Å². The monoisotopic (exact) mass is 308 g/mol. The average molecular weight is 309 g/mol. The molecule has 19 heavy (non-hydrogen) atoms. The van der Waals surface area contributed by atoms with Gasteiger partial charge >= 0.3 is 0 Å². The van der Waals surface area contributed by atoms with Crippen molar-refractivity contribution in [1.29, 1.82) is 0 Å². The second-order valence-corrected chi connectivity index (χ2v) is 4.38. The summed E-state index contributed by atoms with van der Waals surface area (Å²) in [5, 5.41) is 10.6. The average Bonchev–Trinajstić information content (AvgIpc) is 2.37. The molecule has 0 radical (unpaired) electrons. The van der Waals surface area contributed by atoms with Crippen molar-refractivity contribution in [3.63, 3.8) is 0 Å². The molecule has 0 bridgehead atoms. The Bertz CT molecular complexity index is 479. The summed E-state index contributed by atoms with van der Waals surface area (Å²) in [6.45, 7) is 0.467. The molecule has 0 N–H and O–H groups in total. The Morgan fingerprint density at radius 3 is 2.32 bits per heavy atom. The quantitative estimate of drug-likeness (QED) is 0.461. The van der Waals surface area contributed by atoms with Crippen LogP contribution in [0.15, 0.2) is 18.2 Å². The molecular formula is C11H11Cl2FN2O3. The first-order chi connectivity index (χ1) is 8.99. The topological polar surface area (TPSA) is 63.4 Å². The maximum atomic E-state index is 13.3. The van der Waals surface area contributed by atoms with E-state index in [1.165, 1.54) is 4.90 Å². The van der Waals surface area contributed by atoms with Crippen molar-refractivity contribution in [2.75, 3.05) is 24.8 Å². The lowest BCUT2D eigenvalue weighted by Crippen LogP contribution is -2.34. The predicted molar refractivity (Wildman–Crippen MR) is 70.4 cm³/mol. The Morgan fingerprint density at radius 2 is 1.84 bits per heavy atom. The van der Waals surface area contributed by atoms with E-state index in [-0.39, 0.29) is 30.4 Å². The van der Waals surface area contributed by atoms with Crippen LogP contribution in [0.3, 0.4) is 0 Å². The van der Waals surface area contributed by atoms with Crippen LogP contribution in [0.2, 0.25) is 0 Å². The third kappa shape index (κ3) is 4.33. The summed E-state index contributed by atoms with van der Waals surface area (Å²) in [5.41, 5.74) is -0.568. The number of nitrogens with zero attached hydrogens (tertiary/aromatic N) is 2. The highest BCUT2D eigenvalue weighted by atomic mass is 35.5. The first-order valence-electron chi connectivity index (χ1n) is 5.35. The van der Waals surface area contributed by atoms with E-state index in [1.54, 1.807) is 0 Å². The molecule has 1 rings (SSSR count).